The van der Waals surface area contributed by atoms with E-state index in [9.17, 15) is 14.4 Å². The minimum Gasteiger partial charge on any atom is -0.418 e. The van der Waals surface area contributed by atoms with Crippen LogP contribution in [-0.2, 0) is 16.6 Å². The van der Waals surface area contributed by atoms with Gasteiger partial charge in [0.15, 0.2) is 5.75 Å². The Hall–Kier alpha value is -2.89. The predicted octanol–water partition coefficient (Wildman–Crippen LogP) is 0.919. The number of hydrogen-bond acceptors (Lipinski definition) is 5. The number of nitrogens with zero attached hydrogens (tertiary/aromatic N) is 1. The van der Waals surface area contributed by atoms with Gasteiger partial charge in [0.05, 0.1) is 5.52 Å². The number of rotatable bonds is 0. The van der Waals surface area contributed by atoms with Crippen molar-refractivity contribution < 1.29 is 19.1 Å². The fraction of sp³-hybridized carbons (Fsp3) is 0.0714. The summed E-state index contributed by atoms with van der Waals surface area (Å²) < 4.78 is 11.4. The highest BCUT2D eigenvalue weighted by Crippen LogP contribution is 2.33. The van der Waals surface area contributed by atoms with E-state index in [-0.39, 0.29) is 11.5 Å². The number of aromatic nitrogens is 1. The van der Waals surface area contributed by atoms with Crippen LogP contribution in [-0.4, -0.2) is 16.5 Å². The zero-order valence-electron chi connectivity index (χ0n) is 10.5. The Morgan fingerprint density at radius 3 is 2.20 bits per heavy atom. The third-order valence-corrected chi connectivity index (χ3v) is 2.98. The number of esters is 2. The number of para-hydroxylation sites is 1. The van der Waals surface area contributed by atoms with Gasteiger partial charge < -0.3 is 14.0 Å². The molecular weight excluding hydrogens is 262 g/mol. The van der Waals surface area contributed by atoms with E-state index in [1.807, 2.05) is 0 Å². The second-order valence-electron chi connectivity index (χ2n) is 4.22. The summed E-state index contributed by atoms with van der Waals surface area (Å²) in [5.74, 6) is -1.85. The van der Waals surface area contributed by atoms with E-state index >= 15 is 0 Å². The smallest absolute Gasteiger partial charge is 0.336 e. The topological polar surface area (TPSA) is 74.6 Å². The largest absolute Gasteiger partial charge is 0.418 e. The molecule has 0 N–H and O–H groups in total. The van der Waals surface area contributed by atoms with E-state index in [1.54, 1.807) is 31.3 Å². The summed E-state index contributed by atoms with van der Waals surface area (Å²) in [4.78, 5) is 35.3. The molecule has 1 aliphatic heterocycles. The van der Waals surface area contributed by atoms with Gasteiger partial charge >= 0.3 is 11.9 Å². The van der Waals surface area contributed by atoms with Crippen molar-refractivity contribution in [3.05, 3.63) is 46.8 Å². The summed E-state index contributed by atoms with van der Waals surface area (Å²) >= 11 is 0. The number of aryl methyl sites for hydroxylation is 1. The Balaban J connectivity index is 2.42. The average Bonchev–Trinajstić information content (AvgIpc) is 2.44. The summed E-state index contributed by atoms with van der Waals surface area (Å²) in [6, 6.07) is 6.88. The van der Waals surface area contributed by atoms with Crippen LogP contribution < -0.4 is 15.0 Å². The fourth-order valence-electron chi connectivity index (χ4n) is 2.04. The third kappa shape index (κ3) is 1.78. The lowest BCUT2D eigenvalue weighted by atomic mass is 10.2. The molecule has 0 spiro atoms. The van der Waals surface area contributed by atoms with Gasteiger partial charge in [-0.15, -0.1) is 0 Å². The van der Waals surface area contributed by atoms with Gasteiger partial charge in [-0.3, -0.25) is 4.79 Å². The van der Waals surface area contributed by atoms with Crippen LogP contribution in [0.5, 0.6) is 11.5 Å². The SMILES string of the molecule is Cn1c(=O)c2c(c3ccccc31)OC(=O)/C=C/C(=O)O2. The predicted molar refractivity (Wildman–Crippen MR) is 69.6 cm³/mol. The van der Waals surface area contributed by atoms with Crippen molar-refractivity contribution in [2.75, 3.05) is 0 Å². The molecule has 0 fully saturated rings. The molecule has 20 heavy (non-hydrogen) atoms. The first-order valence-electron chi connectivity index (χ1n) is 5.81. The molecule has 100 valence electrons. The van der Waals surface area contributed by atoms with Gasteiger partial charge in [-0.1, -0.05) is 12.1 Å². The summed E-state index contributed by atoms with van der Waals surface area (Å²) in [6.45, 7) is 0. The number of carbonyl (C=O) groups is 2. The molecule has 2 heterocycles. The highest BCUT2D eigenvalue weighted by molar-refractivity contribution is 5.98. The molecule has 6 heteroatoms. The Morgan fingerprint density at radius 2 is 1.50 bits per heavy atom. The van der Waals surface area contributed by atoms with Crippen LogP contribution in [0.3, 0.4) is 0 Å². The Kier molecular flexibility index (Phi) is 2.64. The van der Waals surface area contributed by atoms with E-state index in [0.29, 0.717) is 10.9 Å². The molecule has 1 aromatic heterocycles. The fourth-order valence-corrected chi connectivity index (χ4v) is 2.04. The maximum absolute atomic E-state index is 12.2. The van der Waals surface area contributed by atoms with Gasteiger partial charge in [-0.05, 0) is 12.1 Å². The second-order valence-corrected chi connectivity index (χ2v) is 4.22. The molecular formula is C14H9NO5. The summed E-state index contributed by atoms with van der Waals surface area (Å²) in [6.07, 6.45) is 1.87. The highest BCUT2D eigenvalue weighted by atomic mass is 16.6. The molecule has 3 rings (SSSR count). The van der Waals surface area contributed by atoms with Gasteiger partial charge in [0, 0.05) is 24.6 Å². The standard InChI is InChI=1S/C14H9NO5/c1-15-9-5-3-2-4-8(9)12-13(14(15)18)20-11(17)7-6-10(16)19-12/h2-7H,1H3/b7-6+. The Bertz CT molecular complexity index is 831. The molecule has 2 aromatic rings. The zero-order valence-corrected chi connectivity index (χ0v) is 10.5. The van der Waals surface area contributed by atoms with Crippen LogP contribution in [0.15, 0.2) is 41.2 Å². The minimum absolute atomic E-state index is 0.0357. The quantitative estimate of drug-likeness (QED) is 0.666. The number of carbonyl (C=O) groups excluding carboxylic acids is 2. The van der Waals surface area contributed by atoms with E-state index in [4.69, 9.17) is 9.47 Å². The summed E-state index contributed by atoms with van der Waals surface area (Å²) in [7, 11) is 1.55. The highest BCUT2D eigenvalue weighted by Gasteiger charge is 2.23. The van der Waals surface area contributed by atoms with E-state index in [1.165, 1.54) is 4.57 Å². The van der Waals surface area contributed by atoms with Crippen molar-refractivity contribution in [1.29, 1.82) is 0 Å². The number of benzene rings is 1. The van der Waals surface area contributed by atoms with Crippen molar-refractivity contribution >= 4 is 22.8 Å². The van der Waals surface area contributed by atoms with Gasteiger partial charge in [0.25, 0.3) is 5.56 Å². The molecule has 0 unspecified atom stereocenters. The van der Waals surface area contributed by atoms with Crippen LogP contribution >= 0.6 is 0 Å². The van der Waals surface area contributed by atoms with Gasteiger partial charge in [-0.25, -0.2) is 9.59 Å². The minimum atomic E-state index is -0.796. The Morgan fingerprint density at radius 1 is 0.900 bits per heavy atom. The first kappa shape index (κ1) is 12.2. The average molecular weight is 271 g/mol. The van der Waals surface area contributed by atoms with Crippen LogP contribution in [0, 0.1) is 0 Å². The lowest BCUT2D eigenvalue weighted by molar-refractivity contribution is -0.133. The molecule has 1 aromatic carbocycles. The van der Waals surface area contributed by atoms with Gasteiger partial charge in [-0.2, -0.15) is 0 Å². The van der Waals surface area contributed by atoms with E-state index in [0.717, 1.165) is 12.2 Å². The van der Waals surface area contributed by atoms with Crippen LogP contribution in [0.25, 0.3) is 10.9 Å². The maximum atomic E-state index is 12.2. The second kappa shape index (κ2) is 4.34. The maximum Gasteiger partial charge on any atom is 0.336 e. The van der Waals surface area contributed by atoms with Crippen LogP contribution in [0.2, 0.25) is 0 Å². The number of ether oxygens (including phenoxy) is 2. The number of hydrogen-bond donors (Lipinski definition) is 0. The van der Waals surface area contributed by atoms with E-state index in [2.05, 4.69) is 0 Å². The van der Waals surface area contributed by atoms with Gasteiger partial charge in [0.2, 0.25) is 5.75 Å². The normalized spacial score (nSPS) is 15.8. The lowest BCUT2D eigenvalue weighted by Gasteiger charge is -2.15. The van der Waals surface area contributed by atoms with Crippen molar-refractivity contribution in [3.8, 4) is 11.5 Å². The van der Waals surface area contributed by atoms with Crippen LogP contribution in [0.1, 0.15) is 0 Å². The first-order chi connectivity index (χ1) is 9.58. The molecule has 6 nitrogen and oxygen atoms in total. The zero-order chi connectivity index (χ0) is 14.3. The molecule has 0 bridgehead atoms. The third-order valence-electron chi connectivity index (χ3n) is 2.98. The Labute approximate surface area is 112 Å². The van der Waals surface area contributed by atoms with E-state index < -0.39 is 17.5 Å². The van der Waals surface area contributed by atoms with Crippen molar-refractivity contribution in [2.45, 2.75) is 0 Å². The molecule has 0 saturated carbocycles. The molecule has 0 atom stereocenters. The molecule has 0 aliphatic carbocycles. The van der Waals surface area contributed by atoms with Crippen molar-refractivity contribution in [2.24, 2.45) is 7.05 Å². The van der Waals surface area contributed by atoms with Gasteiger partial charge in [0.1, 0.15) is 0 Å². The molecule has 0 radical (unpaired) electrons. The summed E-state index contributed by atoms with van der Waals surface area (Å²) in [5.41, 5.74) is 0.0276. The lowest BCUT2D eigenvalue weighted by Crippen LogP contribution is -2.25. The van der Waals surface area contributed by atoms with Crippen LogP contribution in [0.4, 0.5) is 0 Å². The van der Waals surface area contributed by atoms with Crippen molar-refractivity contribution in [1.82, 2.24) is 4.57 Å². The summed E-state index contributed by atoms with van der Waals surface area (Å²) in [5, 5.41) is 0.515. The number of fused-ring (bicyclic) bond motifs is 3. The number of pyridine rings is 1. The van der Waals surface area contributed by atoms with Crippen molar-refractivity contribution in [3.63, 3.8) is 0 Å². The molecule has 0 amide bonds. The monoisotopic (exact) mass is 271 g/mol. The first-order valence-corrected chi connectivity index (χ1v) is 5.81. The molecule has 1 aliphatic rings. The molecule has 0 saturated heterocycles.